The van der Waals surface area contributed by atoms with Crippen LogP contribution >= 0.6 is 0 Å². The molecule has 0 radical (unpaired) electrons. The van der Waals surface area contributed by atoms with Crippen LogP contribution in [-0.4, -0.2) is 11.3 Å². The maximum Gasteiger partial charge on any atom is 0.573 e. The number of ether oxygens (including phenoxy) is 2. The molecule has 0 spiro atoms. The summed E-state index contributed by atoms with van der Waals surface area (Å²) in [6, 6.07) is 8.67. The average molecular weight is 284 g/mol. The fraction of sp³-hybridized carbons (Fsp3) is 0.154. The summed E-state index contributed by atoms with van der Waals surface area (Å²) < 4.78 is 45.9. The van der Waals surface area contributed by atoms with Crippen LogP contribution in [0.4, 0.5) is 13.2 Å². The second-order valence-corrected chi connectivity index (χ2v) is 3.81. The largest absolute Gasteiger partial charge is 0.573 e. The Morgan fingerprint density at radius 2 is 1.75 bits per heavy atom. The van der Waals surface area contributed by atoms with E-state index in [1.165, 1.54) is 30.5 Å². The summed E-state index contributed by atoms with van der Waals surface area (Å²) in [5, 5.41) is 0. The first-order chi connectivity index (χ1) is 9.48. The van der Waals surface area contributed by atoms with Crippen molar-refractivity contribution in [3.63, 3.8) is 0 Å². The summed E-state index contributed by atoms with van der Waals surface area (Å²) in [5.74, 6) is -0.344. The lowest BCUT2D eigenvalue weighted by atomic mass is 10.3. The van der Waals surface area contributed by atoms with Crippen molar-refractivity contribution in [2.45, 2.75) is 12.9 Å². The van der Waals surface area contributed by atoms with Crippen LogP contribution in [0.1, 0.15) is 5.56 Å². The Labute approximate surface area is 113 Å². The van der Waals surface area contributed by atoms with Gasteiger partial charge >= 0.3 is 6.36 Å². The second kappa shape index (κ2) is 5.79. The molecule has 2 N–H and O–H groups in total. The smallest absolute Gasteiger partial charge is 0.435 e. The van der Waals surface area contributed by atoms with Gasteiger partial charge in [0.15, 0.2) is 11.5 Å². The number of hydrogen-bond acceptors (Lipinski definition) is 4. The van der Waals surface area contributed by atoms with E-state index in [9.17, 15) is 13.2 Å². The highest BCUT2D eigenvalue weighted by Crippen LogP contribution is 2.34. The van der Waals surface area contributed by atoms with Crippen molar-refractivity contribution < 1.29 is 22.6 Å². The molecule has 4 nitrogen and oxygen atoms in total. The quantitative estimate of drug-likeness (QED) is 0.936. The van der Waals surface area contributed by atoms with Crippen molar-refractivity contribution in [2.75, 3.05) is 0 Å². The standard InChI is InChI=1S/C13H11F3N2O2/c14-13(15,16)20-11-4-2-1-3-10(11)19-12-6-5-9(7-17)8-18-12/h1-6,8H,7,17H2. The lowest BCUT2D eigenvalue weighted by Gasteiger charge is -2.13. The van der Waals surface area contributed by atoms with E-state index in [0.717, 1.165) is 11.6 Å². The summed E-state index contributed by atoms with van der Waals surface area (Å²) in [6.45, 7) is 0.320. The third-order valence-corrected chi connectivity index (χ3v) is 2.32. The molecule has 0 unspecified atom stereocenters. The first-order valence-electron chi connectivity index (χ1n) is 5.65. The van der Waals surface area contributed by atoms with Crippen molar-refractivity contribution in [3.8, 4) is 17.4 Å². The van der Waals surface area contributed by atoms with Crippen LogP contribution in [0.15, 0.2) is 42.6 Å². The van der Waals surface area contributed by atoms with Crippen LogP contribution in [-0.2, 0) is 6.54 Å². The minimum absolute atomic E-state index is 0.0715. The van der Waals surface area contributed by atoms with Crippen molar-refractivity contribution in [1.29, 1.82) is 0 Å². The fourth-order valence-corrected chi connectivity index (χ4v) is 1.45. The third-order valence-electron chi connectivity index (χ3n) is 2.32. The van der Waals surface area contributed by atoms with Gasteiger partial charge in [-0.3, -0.25) is 0 Å². The summed E-state index contributed by atoms with van der Waals surface area (Å²) >= 11 is 0. The molecule has 0 saturated carbocycles. The normalized spacial score (nSPS) is 11.2. The van der Waals surface area contributed by atoms with Gasteiger partial charge in [-0.2, -0.15) is 0 Å². The zero-order valence-electron chi connectivity index (χ0n) is 10.2. The van der Waals surface area contributed by atoms with Gasteiger partial charge in [0.2, 0.25) is 5.88 Å². The fourth-order valence-electron chi connectivity index (χ4n) is 1.45. The number of para-hydroxylation sites is 2. The predicted molar refractivity (Wildman–Crippen MR) is 65.3 cm³/mol. The van der Waals surface area contributed by atoms with E-state index in [1.54, 1.807) is 6.07 Å². The molecule has 0 aliphatic carbocycles. The highest BCUT2D eigenvalue weighted by Gasteiger charge is 2.32. The van der Waals surface area contributed by atoms with Crippen molar-refractivity contribution in [2.24, 2.45) is 5.73 Å². The summed E-state index contributed by atoms with van der Waals surface area (Å²) in [5.41, 5.74) is 6.21. The van der Waals surface area contributed by atoms with Crippen LogP contribution in [0.5, 0.6) is 17.4 Å². The summed E-state index contributed by atoms with van der Waals surface area (Å²) in [6.07, 6.45) is -3.29. The van der Waals surface area contributed by atoms with Gasteiger partial charge in [-0.05, 0) is 17.7 Å². The van der Waals surface area contributed by atoms with Gasteiger partial charge < -0.3 is 15.2 Å². The van der Waals surface area contributed by atoms with Crippen LogP contribution in [0.2, 0.25) is 0 Å². The maximum absolute atomic E-state index is 12.3. The van der Waals surface area contributed by atoms with Crippen LogP contribution in [0.3, 0.4) is 0 Å². The highest BCUT2D eigenvalue weighted by molar-refractivity contribution is 5.41. The molecular formula is C13H11F3N2O2. The first kappa shape index (κ1) is 14.1. The molecule has 0 aliphatic heterocycles. The number of aromatic nitrogens is 1. The lowest BCUT2D eigenvalue weighted by molar-refractivity contribution is -0.275. The first-order valence-corrected chi connectivity index (χ1v) is 5.65. The Balaban J connectivity index is 2.19. The molecule has 0 bridgehead atoms. The van der Waals surface area contributed by atoms with E-state index in [1.807, 2.05) is 0 Å². The molecule has 1 heterocycles. The monoisotopic (exact) mass is 284 g/mol. The Hall–Kier alpha value is -2.28. The van der Waals surface area contributed by atoms with E-state index in [0.29, 0.717) is 6.54 Å². The Morgan fingerprint density at radius 3 is 2.30 bits per heavy atom. The number of nitrogens with two attached hydrogens (primary N) is 1. The summed E-state index contributed by atoms with van der Waals surface area (Å²) in [7, 11) is 0. The van der Waals surface area contributed by atoms with E-state index in [4.69, 9.17) is 10.5 Å². The Kier molecular flexibility index (Phi) is 4.09. The molecule has 2 aromatic rings. The molecule has 20 heavy (non-hydrogen) atoms. The van der Waals surface area contributed by atoms with Gasteiger partial charge in [-0.1, -0.05) is 18.2 Å². The topological polar surface area (TPSA) is 57.4 Å². The van der Waals surface area contributed by atoms with E-state index >= 15 is 0 Å². The molecule has 0 fully saturated rings. The molecule has 106 valence electrons. The molecular weight excluding hydrogens is 273 g/mol. The second-order valence-electron chi connectivity index (χ2n) is 3.81. The Bertz CT molecular complexity index is 571. The number of benzene rings is 1. The van der Waals surface area contributed by atoms with Gasteiger partial charge in [-0.15, -0.1) is 13.2 Å². The molecule has 0 amide bonds. The molecule has 1 aromatic heterocycles. The maximum atomic E-state index is 12.3. The van der Waals surface area contributed by atoms with Crippen LogP contribution in [0, 0.1) is 0 Å². The number of halogens is 3. The van der Waals surface area contributed by atoms with Crippen molar-refractivity contribution in [3.05, 3.63) is 48.2 Å². The number of rotatable bonds is 4. The SMILES string of the molecule is NCc1ccc(Oc2ccccc2OC(F)(F)F)nc1. The molecule has 0 atom stereocenters. The van der Waals surface area contributed by atoms with Gasteiger partial charge in [0, 0.05) is 18.8 Å². The zero-order chi connectivity index (χ0) is 14.6. The number of alkyl halides is 3. The summed E-state index contributed by atoms with van der Waals surface area (Å²) in [4.78, 5) is 3.94. The highest BCUT2D eigenvalue weighted by atomic mass is 19.4. The van der Waals surface area contributed by atoms with Crippen molar-refractivity contribution in [1.82, 2.24) is 4.98 Å². The third kappa shape index (κ3) is 3.86. The molecule has 2 rings (SSSR count). The average Bonchev–Trinajstić information content (AvgIpc) is 2.40. The van der Waals surface area contributed by atoms with E-state index in [2.05, 4.69) is 9.72 Å². The number of pyridine rings is 1. The van der Waals surface area contributed by atoms with E-state index in [-0.39, 0.29) is 11.6 Å². The lowest BCUT2D eigenvalue weighted by Crippen LogP contribution is -2.17. The molecule has 1 aromatic carbocycles. The minimum Gasteiger partial charge on any atom is -0.435 e. The molecule has 7 heteroatoms. The Morgan fingerprint density at radius 1 is 1.05 bits per heavy atom. The predicted octanol–water partition coefficient (Wildman–Crippen LogP) is 3.23. The van der Waals surface area contributed by atoms with Gasteiger partial charge in [-0.25, -0.2) is 4.98 Å². The molecule has 0 saturated heterocycles. The van der Waals surface area contributed by atoms with Gasteiger partial charge in [0.05, 0.1) is 0 Å². The number of nitrogens with zero attached hydrogens (tertiary/aromatic N) is 1. The molecule has 0 aliphatic rings. The van der Waals surface area contributed by atoms with Crippen LogP contribution in [0.25, 0.3) is 0 Å². The van der Waals surface area contributed by atoms with Gasteiger partial charge in [0.1, 0.15) is 0 Å². The number of hydrogen-bond donors (Lipinski definition) is 1. The van der Waals surface area contributed by atoms with Crippen LogP contribution < -0.4 is 15.2 Å². The van der Waals surface area contributed by atoms with Gasteiger partial charge in [0.25, 0.3) is 0 Å². The minimum atomic E-state index is -4.78. The zero-order valence-corrected chi connectivity index (χ0v) is 10.2. The van der Waals surface area contributed by atoms with E-state index < -0.39 is 12.1 Å². The van der Waals surface area contributed by atoms with Crippen molar-refractivity contribution >= 4 is 0 Å².